The molecular formula is C13H13ClN4O4. The van der Waals surface area contributed by atoms with Gasteiger partial charge in [0.1, 0.15) is 11.8 Å². The second-order valence-corrected chi connectivity index (χ2v) is 4.67. The highest BCUT2D eigenvalue weighted by atomic mass is 35.5. The number of ether oxygens (including phenoxy) is 1. The molecule has 22 heavy (non-hydrogen) atoms. The smallest absolute Gasteiger partial charge is 0.288 e. The maximum absolute atomic E-state index is 12.1. The van der Waals surface area contributed by atoms with Crippen molar-refractivity contribution in [2.24, 2.45) is 0 Å². The molecule has 116 valence electrons. The van der Waals surface area contributed by atoms with Gasteiger partial charge in [0.15, 0.2) is 0 Å². The highest BCUT2D eigenvalue weighted by molar-refractivity contribution is 6.32. The quantitative estimate of drug-likeness (QED) is 0.650. The van der Waals surface area contributed by atoms with Gasteiger partial charge in [-0.25, -0.2) is 4.68 Å². The van der Waals surface area contributed by atoms with E-state index < -0.39 is 10.8 Å². The molecule has 2 aromatic rings. The molecule has 0 bridgehead atoms. The molecule has 8 nitrogen and oxygen atoms in total. The molecule has 0 aliphatic heterocycles. The fourth-order valence-corrected chi connectivity index (χ4v) is 1.87. The van der Waals surface area contributed by atoms with E-state index in [0.717, 1.165) is 6.07 Å². The number of carbonyl (C=O) groups is 1. The highest BCUT2D eigenvalue weighted by Crippen LogP contribution is 2.25. The summed E-state index contributed by atoms with van der Waals surface area (Å²) in [5, 5.41) is 17.4. The van der Waals surface area contributed by atoms with Gasteiger partial charge in [-0.15, -0.1) is 0 Å². The maximum Gasteiger partial charge on any atom is 0.288 e. The third-order valence-corrected chi connectivity index (χ3v) is 3.04. The maximum atomic E-state index is 12.1. The second-order valence-electron chi connectivity index (χ2n) is 4.27. The van der Waals surface area contributed by atoms with Crippen LogP contribution in [0.5, 0.6) is 0 Å². The number of nitrogens with zero attached hydrogens (tertiary/aromatic N) is 3. The van der Waals surface area contributed by atoms with E-state index in [2.05, 4.69) is 10.4 Å². The Morgan fingerprint density at radius 1 is 1.55 bits per heavy atom. The summed E-state index contributed by atoms with van der Waals surface area (Å²) < 4.78 is 6.69. The Kier molecular flexibility index (Phi) is 5.08. The van der Waals surface area contributed by atoms with Crippen LogP contribution in [0.15, 0.2) is 30.6 Å². The Labute approximate surface area is 130 Å². The molecule has 1 heterocycles. The molecule has 0 unspecified atom stereocenters. The lowest BCUT2D eigenvalue weighted by molar-refractivity contribution is -0.384. The fourth-order valence-electron chi connectivity index (χ4n) is 1.68. The fraction of sp³-hybridized carbons (Fsp3) is 0.231. The first-order chi connectivity index (χ1) is 10.5. The van der Waals surface area contributed by atoms with E-state index in [0.29, 0.717) is 12.3 Å². The van der Waals surface area contributed by atoms with Gasteiger partial charge in [0, 0.05) is 18.2 Å². The number of hydrogen-bond acceptors (Lipinski definition) is 5. The summed E-state index contributed by atoms with van der Waals surface area (Å²) >= 11 is 5.71. The van der Waals surface area contributed by atoms with Gasteiger partial charge in [0.2, 0.25) is 0 Å². The second kappa shape index (κ2) is 7.01. The van der Waals surface area contributed by atoms with Crippen LogP contribution in [0, 0.1) is 10.1 Å². The number of halogens is 1. The van der Waals surface area contributed by atoms with Gasteiger partial charge < -0.3 is 10.1 Å². The standard InChI is InChI=1S/C13H13ClN4O4/c1-2-22-8-17-7-10(6-15-17)16-13(19)9-3-4-11(14)12(5-9)18(20)21/h3-7H,2,8H2,1H3,(H,16,19). The normalized spacial score (nSPS) is 10.5. The number of anilines is 1. The first kappa shape index (κ1) is 15.9. The number of rotatable bonds is 6. The Morgan fingerprint density at radius 2 is 2.32 bits per heavy atom. The molecule has 1 amide bonds. The lowest BCUT2D eigenvalue weighted by atomic mass is 10.2. The van der Waals surface area contributed by atoms with E-state index in [1.165, 1.54) is 23.0 Å². The van der Waals surface area contributed by atoms with Crippen LogP contribution >= 0.6 is 11.6 Å². The topological polar surface area (TPSA) is 99.3 Å². The SMILES string of the molecule is CCOCn1cc(NC(=O)c2ccc(Cl)c([N+](=O)[O-])c2)cn1. The number of nitrogens with one attached hydrogen (secondary N) is 1. The van der Waals surface area contributed by atoms with E-state index in [-0.39, 0.29) is 23.0 Å². The summed E-state index contributed by atoms with van der Waals surface area (Å²) in [6.45, 7) is 2.69. The van der Waals surface area contributed by atoms with Gasteiger partial charge >= 0.3 is 0 Å². The van der Waals surface area contributed by atoms with E-state index in [1.807, 2.05) is 6.92 Å². The number of aromatic nitrogens is 2. The predicted octanol–water partition coefficient (Wildman–Crippen LogP) is 2.69. The Balaban J connectivity index is 2.10. The highest BCUT2D eigenvalue weighted by Gasteiger charge is 2.16. The zero-order valence-electron chi connectivity index (χ0n) is 11.7. The molecule has 0 saturated carbocycles. The average Bonchev–Trinajstić information content (AvgIpc) is 2.92. The van der Waals surface area contributed by atoms with E-state index >= 15 is 0 Å². The molecule has 0 aliphatic rings. The van der Waals surface area contributed by atoms with Crippen LogP contribution in [0.4, 0.5) is 11.4 Å². The minimum atomic E-state index is -0.640. The lowest BCUT2D eigenvalue weighted by Gasteiger charge is -2.03. The molecule has 0 spiro atoms. The molecule has 0 aliphatic carbocycles. The number of benzene rings is 1. The molecule has 0 fully saturated rings. The van der Waals surface area contributed by atoms with Crippen LogP contribution in [0.25, 0.3) is 0 Å². The van der Waals surface area contributed by atoms with Crippen molar-refractivity contribution in [3.8, 4) is 0 Å². The average molecular weight is 325 g/mol. The van der Waals surface area contributed by atoms with Crippen LogP contribution in [0.3, 0.4) is 0 Å². The largest absolute Gasteiger partial charge is 0.360 e. The number of amides is 1. The molecule has 1 N–H and O–H groups in total. The van der Waals surface area contributed by atoms with Crippen molar-refractivity contribution in [1.82, 2.24) is 9.78 Å². The van der Waals surface area contributed by atoms with Crippen molar-refractivity contribution >= 4 is 28.9 Å². The molecule has 2 rings (SSSR count). The third-order valence-electron chi connectivity index (χ3n) is 2.72. The van der Waals surface area contributed by atoms with Crippen molar-refractivity contribution in [2.45, 2.75) is 13.7 Å². The van der Waals surface area contributed by atoms with Crippen molar-refractivity contribution < 1.29 is 14.5 Å². The third kappa shape index (κ3) is 3.80. The first-order valence-electron chi connectivity index (χ1n) is 6.36. The van der Waals surface area contributed by atoms with Gasteiger partial charge in [-0.05, 0) is 19.1 Å². The minimum Gasteiger partial charge on any atom is -0.360 e. The zero-order valence-corrected chi connectivity index (χ0v) is 12.4. The van der Waals surface area contributed by atoms with Crippen LogP contribution < -0.4 is 5.32 Å². The van der Waals surface area contributed by atoms with Gasteiger partial charge in [-0.3, -0.25) is 14.9 Å². The molecule has 0 radical (unpaired) electrons. The van der Waals surface area contributed by atoms with Crippen LogP contribution in [-0.4, -0.2) is 27.2 Å². The number of carbonyl (C=O) groups excluding carboxylic acids is 1. The van der Waals surface area contributed by atoms with Crippen LogP contribution in [0.1, 0.15) is 17.3 Å². The number of nitro benzene ring substituents is 1. The summed E-state index contributed by atoms with van der Waals surface area (Å²) in [6.07, 6.45) is 3.05. The van der Waals surface area contributed by atoms with E-state index in [1.54, 1.807) is 6.20 Å². The number of nitro groups is 1. The molecule has 1 aromatic carbocycles. The minimum absolute atomic E-state index is 0.0221. The molecule has 0 atom stereocenters. The van der Waals surface area contributed by atoms with Crippen molar-refractivity contribution in [1.29, 1.82) is 0 Å². The van der Waals surface area contributed by atoms with Crippen molar-refractivity contribution in [3.63, 3.8) is 0 Å². The summed E-state index contributed by atoms with van der Waals surface area (Å²) in [7, 11) is 0. The van der Waals surface area contributed by atoms with E-state index in [4.69, 9.17) is 16.3 Å². The molecule has 1 aromatic heterocycles. The summed E-state index contributed by atoms with van der Waals surface area (Å²) in [5.41, 5.74) is 0.275. The Bertz CT molecular complexity index is 701. The van der Waals surface area contributed by atoms with Gasteiger partial charge in [-0.1, -0.05) is 11.6 Å². The summed E-state index contributed by atoms with van der Waals surface area (Å²) in [4.78, 5) is 22.3. The summed E-state index contributed by atoms with van der Waals surface area (Å²) in [6, 6.07) is 3.85. The monoisotopic (exact) mass is 324 g/mol. The van der Waals surface area contributed by atoms with Gasteiger partial charge in [0.25, 0.3) is 11.6 Å². The van der Waals surface area contributed by atoms with Crippen molar-refractivity contribution in [2.75, 3.05) is 11.9 Å². The lowest BCUT2D eigenvalue weighted by Crippen LogP contribution is -2.11. The van der Waals surface area contributed by atoms with Crippen LogP contribution in [-0.2, 0) is 11.5 Å². The number of hydrogen-bond donors (Lipinski definition) is 1. The van der Waals surface area contributed by atoms with Gasteiger partial charge in [0.05, 0.1) is 23.0 Å². The molecule has 9 heteroatoms. The molecular weight excluding hydrogens is 312 g/mol. The van der Waals surface area contributed by atoms with Crippen LogP contribution in [0.2, 0.25) is 5.02 Å². The first-order valence-corrected chi connectivity index (χ1v) is 6.74. The zero-order chi connectivity index (χ0) is 16.1. The van der Waals surface area contributed by atoms with Crippen molar-refractivity contribution in [3.05, 3.63) is 51.3 Å². The Morgan fingerprint density at radius 3 is 3.00 bits per heavy atom. The van der Waals surface area contributed by atoms with Gasteiger partial charge in [-0.2, -0.15) is 5.10 Å². The molecule has 0 saturated heterocycles. The predicted molar refractivity (Wildman–Crippen MR) is 79.9 cm³/mol. The summed E-state index contributed by atoms with van der Waals surface area (Å²) in [5.74, 6) is -0.490. The van der Waals surface area contributed by atoms with E-state index in [9.17, 15) is 14.9 Å². The Hall–Kier alpha value is -2.45.